The molecule has 1 saturated heterocycles. The lowest BCUT2D eigenvalue weighted by molar-refractivity contribution is -0.137. The summed E-state index contributed by atoms with van der Waals surface area (Å²) in [5.41, 5.74) is 0.353. The number of pyridine rings is 1. The third-order valence-electron chi connectivity index (χ3n) is 7.14. The lowest BCUT2D eigenvalue weighted by Gasteiger charge is -2.35. The third kappa shape index (κ3) is 7.31. The molecular formula is C27H32F3N5O3. The van der Waals surface area contributed by atoms with Crippen LogP contribution >= 0.6 is 0 Å². The van der Waals surface area contributed by atoms with E-state index < -0.39 is 17.6 Å². The molecule has 1 aliphatic heterocycles. The van der Waals surface area contributed by atoms with Gasteiger partial charge in [0.15, 0.2) is 0 Å². The Morgan fingerprint density at radius 3 is 2.42 bits per heavy atom. The molecule has 2 heterocycles. The predicted molar refractivity (Wildman–Crippen MR) is 134 cm³/mol. The van der Waals surface area contributed by atoms with Crippen LogP contribution in [0, 0.1) is 6.92 Å². The third-order valence-corrected chi connectivity index (χ3v) is 7.14. The van der Waals surface area contributed by atoms with Gasteiger partial charge in [0, 0.05) is 43.0 Å². The summed E-state index contributed by atoms with van der Waals surface area (Å²) in [6.45, 7) is 3.15. The number of nitrogens with zero attached hydrogens (tertiary/aromatic N) is 2. The van der Waals surface area contributed by atoms with E-state index in [-0.39, 0.29) is 36.0 Å². The Morgan fingerprint density at radius 1 is 0.974 bits per heavy atom. The Kier molecular flexibility index (Phi) is 8.65. The molecule has 1 atom stereocenters. The van der Waals surface area contributed by atoms with Crippen LogP contribution in [0.25, 0.3) is 0 Å². The van der Waals surface area contributed by atoms with Gasteiger partial charge in [-0.1, -0.05) is 12.1 Å². The van der Waals surface area contributed by atoms with Gasteiger partial charge in [0.05, 0.1) is 12.1 Å². The summed E-state index contributed by atoms with van der Waals surface area (Å²) in [5, 5.41) is 8.38. The minimum atomic E-state index is -4.55. The number of alkyl halides is 3. The summed E-state index contributed by atoms with van der Waals surface area (Å²) >= 11 is 0. The molecule has 3 amide bonds. The van der Waals surface area contributed by atoms with Gasteiger partial charge in [-0.2, -0.15) is 13.2 Å². The van der Waals surface area contributed by atoms with Gasteiger partial charge in [-0.3, -0.25) is 24.3 Å². The normalized spacial score (nSPS) is 22.1. The van der Waals surface area contributed by atoms with Crippen LogP contribution in [0.5, 0.6) is 0 Å². The molecule has 0 radical (unpaired) electrons. The maximum atomic E-state index is 12.9. The summed E-state index contributed by atoms with van der Waals surface area (Å²) in [6.07, 6.45) is 1.55. The molecule has 1 aromatic heterocycles. The molecule has 8 nitrogen and oxygen atoms in total. The van der Waals surface area contributed by atoms with Gasteiger partial charge in [0.25, 0.3) is 11.8 Å². The highest BCUT2D eigenvalue weighted by Gasteiger charge is 2.33. The van der Waals surface area contributed by atoms with Crippen LogP contribution in [0.15, 0.2) is 42.6 Å². The fraction of sp³-hybridized carbons (Fsp3) is 0.481. The van der Waals surface area contributed by atoms with Gasteiger partial charge in [-0.25, -0.2) is 0 Å². The van der Waals surface area contributed by atoms with Crippen molar-refractivity contribution >= 4 is 17.7 Å². The van der Waals surface area contributed by atoms with Crippen LogP contribution in [0.3, 0.4) is 0 Å². The highest BCUT2D eigenvalue weighted by molar-refractivity contribution is 5.96. The van der Waals surface area contributed by atoms with Crippen molar-refractivity contribution in [2.75, 3.05) is 19.6 Å². The number of carbonyl (C=O) groups excluding carboxylic acids is 3. The van der Waals surface area contributed by atoms with Gasteiger partial charge >= 0.3 is 6.18 Å². The molecule has 2 aliphatic rings. The molecule has 0 spiro atoms. The van der Waals surface area contributed by atoms with Crippen LogP contribution in [0.2, 0.25) is 0 Å². The van der Waals surface area contributed by atoms with Gasteiger partial charge in [0.1, 0.15) is 5.69 Å². The van der Waals surface area contributed by atoms with E-state index in [1.807, 2.05) is 13.0 Å². The number of rotatable bonds is 7. The van der Waals surface area contributed by atoms with E-state index in [1.165, 1.54) is 6.07 Å². The largest absolute Gasteiger partial charge is 0.416 e. The number of carbonyl (C=O) groups is 3. The number of nitrogens with one attached hydrogen (secondary N) is 3. The van der Waals surface area contributed by atoms with Crippen LogP contribution in [0.4, 0.5) is 13.2 Å². The fourth-order valence-corrected chi connectivity index (χ4v) is 5.06. The molecule has 1 aromatic carbocycles. The van der Waals surface area contributed by atoms with Crippen molar-refractivity contribution in [1.82, 2.24) is 25.8 Å². The highest BCUT2D eigenvalue weighted by Crippen LogP contribution is 2.29. The monoisotopic (exact) mass is 531 g/mol. The molecule has 38 heavy (non-hydrogen) atoms. The number of hydrogen-bond acceptors (Lipinski definition) is 5. The van der Waals surface area contributed by atoms with E-state index in [0.717, 1.165) is 62.4 Å². The lowest BCUT2D eigenvalue weighted by Crippen LogP contribution is -2.46. The van der Waals surface area contributed by atoms with Crippen LogP contribution in [-0.4, -0.2) is 65.4 Å². The van der Waals surface area contributed by atoms with E-state index in [0.29, 0.717) is 18.3 Å². The maximum absolute atomic E-state index is 12.9. The topological polar surface area (TPSA) is 103 Å². The number of likely N-dealkylation sites (tertiary alicyclic amines) is 1. The second-order valence-corrected chi connectivity index (χ2v) is 10.0. The zero-order valence-corrected chi connectivity index (χ0v) is 21.2. The molecule has 2 aromatic rings. The Bertz CT molecular complexity index is 1150. The SMILES string of the molecule is Cc1ccc(C(=O)NC2CCC(N3CC[C@@H](NC(=O)CNC(=O)c4cccc(C(F)(F)F)c4)C3)CC2)nc1. The van der Waals surface area contributed by atoms with Gasteiger partial charge in [0.2, 0.25) is 5.91 Å². The molecule has 11 heteroatoms. The standard InChI is InChI=1S/C27H32F3N5O3/c1-17-5-10-23(31-14-17)26(38)34-20-6-8-22(9-7-20)35-12-11-21(16-35)33-24(36)15-32-25(37)18-3-2-4-19(13-18)27(28,29)30/h2-5,10,13-14,20-22H,6-9,11-12,15-16H2,1H3,(H,32,37)(H,33,36)(H,34,38)/t20?,21-,22?/m1/s1. The van der Waals surface area contributed by atoms with E-state index in [9.17, 15) is 27.6 Å². The van der Waals surface area contributed by atoms with Gasteiger partial charge in [-0.05, 0) is 68.9 Å². The van der Waals surface area contributed by atoms with Crippen LogP contribution in [-0.2, 0) is 11.0 Å². The van der Waals surface area contributed by atoms with Crippen molar-refractivity contribution in [2.24, 2.45) is 0 Å². The van der Waals surface area contributed by atoms with Gasteiger partial charge in [-0.15, -0.1) is 0 Å². The minimum Gasteiger partial charge on any atom is -0.350 e. The second-order valence-electron chi connectivity index (χ2n) is 10.0. The van der Waals surface area contributed by atoms with E-state index >= 15 is 0 Å². The molecule has 1 aliphatic carbocycles. The number of benzene rings is 1. The Morgan fingerprint density at radius 2 is 1.74 bits per heavy atom. The molecule has 3 N–H and O–H groups in total. The first-order valence-corrected chi connectivity index (χ1v) is 12.8. The van der Waals surface area contributed by atoms with Crippen molar-refractivity contribution in [2.45, 2.75) is 63.3 Å². The maximum Gasteiger partial charge on any atom is 0.416 e. The van der Waals surface area contributed by atoms with E-state index in [4.69, 9.17) is 0 Å². The average molecular weight is 532 g/mol. The van der Waals surface area contributed by atoms with Crippen molar-refractivity contribution < 1.29 is 27.6 Å². The lowest BCUT2D eigenvalue weighted by atomic mass is 9.90. The molecule has 1 saturated carbocycles. The smallest absolute Gasteiger partial charge is 0.350 e. The van der Waals surface area contributed by atoms with Crippen molar-refractivity contribution in [3.05, 3.63) is 65.0 Å². The molecule has 0 unspecified atom stereocenters. The first-order chi connectivity index (χ1) is 18.1. The quantitative estimate of drug-likeness (QED) is 0.510. The van der Waals surface area contributed by atoms with Crippen LogP contribution in [0.1, 0.15) is 64.1 Å². The Labute approximate surface area is 219 Å². The summed E-state index contributed by atoms with van der Waals surface area (Å²) in [4.78, 5) is 43.6. The zero-order valence-electron chi connectivity index (χ0n) is 21.2. The van der Waals surface area contributed by atoms with E-state index in [1.54, 1.807) is 12.3 Å². The molecule has 204 valence electrons. The molecule has 4 rings (SSSR count). The molecular weight excluding hydrogens is 499 g/mol. The van der Waals surface area contributed by atoms with Gasteiger partial charge < -0.3 is 16.0 Å². The first-order valence-electron chi connectivity index (χ1n) is 12.8. The summed E-state index contributed by atoms with van der Waals surface area (Å²) < 4.78 is 38.6. The number of hydrogen-bond donors (Lipinski definition) is 3. The fourth-order valence-electron chi connectivity index (χ4n) is 5.06. The molecule has 2 fully saturated rings. The first kappa shape index (κ1) is 27.6. The van der Waals surface area contributed by atoms with E-state index in [2.05, 4.69) is 25.8 Å². The van der Waals surface area contributed by atoms with Crippen LogP contribution < -0.4 is 16.0 Å². The average Bonchev–Trinajstić information content (AvgIpc) is 3.36. The summed E-state index contributed by atoms with van der Waals surface area (Å²) in [7, 11) is 0. The van der Waals surface area contributed by atoms with Crippen molar-refractivity contribution in [1.29, 1.82) is 0 Å². The zero-order chi connectivity index (χ0) is 27.3. The molecule has 0 bridgehead atoms. The van der Waals surface area contributed by atoms with Crippen molar-refractivity contribution in [3.8, 4) is 0 Å². The number of halogens is 3. The number of aromatic nitrogens is 1. The predicted octanol–water partition coefficient (Wildman–Crippen LogP) is 3.07. The Balaban J connectivity index is 1.16. The van der Waals surface area contributed by atoms with Crippen molar-refractivity contribution in [3.63, 3.8) is 0 Å². The number of amides is 3. The summed E-state index contributed by atoms with van der Waals surface area (Å²) in [5.74, 6) is -1.27. The number of aryl methyl sites for hydroxylation is 1. The second kappa shape index (κ2) is 11.9. The highest BCUT2D eigenvalue weighted by atomic mass is 19.4. The Hall–Kier alpha value is -3.47. The summed E-state index contributed by atoms with van der Waals surface area (Å²) in [6, 6.07) is 8.12. The minimum absolute atomic E-state index is 0.0574.